The number of amides is 2. The third-order valence-electron chi connectivity index (χ3n) is 1.65. The molecule has 1 saturated heterocycles. The van der Waals surface area contributed by atoms with Crippen LogP contribution in [0.5, 0.6) is 0 Å². The van der Waals surface area contributed by atoms with E-state index in [1.54, 1.807) is 14.0 Å². The van der Waals surface area contributed by atoms with Gasteiger partial charge < -0.3 is 5.32 Å². The van der Waals surface area contributed by atoms with Crippen LogP contribution in [0.3, 0.4) is 0 Å². The molecular formula is C5H8B2N2O2. The Bertz CT molecular complexity index is 181. The summed E-state index contributed by atoms with van der Waals surface area (Å²) in [6, 6.07) is 0. The molecule has 1 atom stereocenters. The molecule has 1 rings (SSSR count). The first-order chi connectivity index (χ1) is 5.16. The summed E-state index contributed by atoms with van der Waals surface area (Å²) in [6.45, 7) is 1.75. The highest BCUT2D eigenvalue weighted by Crippen LogP contribution is 2.04. The first kappa shape index (κ1) is 8.33. The zero-order chi connectivity index (χ0) is 8.43. The Balaban J connectivity index is 2.68. The Morgan fingerprint density at radius 3 is 2.18 bits per heavy atom. The van der Waals surface area contributed by atoms with Crippen LogP contribution in [0, 0.1) is 0 Å². The van der Waals surface area contributed by atoms with Crippen molar-refractivity contribution >= 4 is 26.0 Å². The third-order valence-corrected chi connectivity index (χ3v) is 1.65. The molecule has 1 aliphatic rings. The summed E-state index contributed by atoms with van der Waals surface area (Å²) < 4.78 is 0. The average molecular weight is 150 g/mol. The molecular weight excluding hydrogens is 142 g/mol. The standard InChI is InChI=1S/C5H8B2N2O2/c1-3(8-2)9-4(10)6-7-5(9)11/h3,8H,1-2H3. The maximum Gasteiger partial charge on any atom is 0.201 e. The Morgan fingerprint density at radius 2 is 1.82 bits per heavy atom. The first-order valence-electron chi connectivity index (χ1n) is 3.39. The molecule has 0 spiro atoms. The van der Waals surface area contributed by atoms with Gasteiger partial charge in [0.15, 0.2) is 11.6 Å². The molecule has 1 heterocycles. The number of rotatable bonds is 2. The molecule has 0 bridgehead atoms. The minimum absolute atomic E-state index is 0.231. The van der Waals surface area contributed by atoms with Crippen molar-refractivity contribution in [2.75, 3.05) is 7.05 Å². The number of imide groups is 1. The summed E-state index contributed by atoms with van der Waals surface area (Å²) in [5.41, 5.74) is 0. The SMILES string of the molecule is CNC(C)N1C(=O)[B][B]C1=O. The van der Waals surface area contributed by atoms with E-state index in [4.69, 9.17) is 0 Å². The molecule has 0 aromatic heterocycles. The van der Waals surface area contributed by atoms with Gasteiger partial charge in [0.05, 0.1) is 6.17 Å². The predicted octanol–water partition coefficient (Wildman–Crippen LogP) is -0.569. The van der Waals surface area contributed by atoms with Crippen LogP contribution in [0.4, 0.5) is 9.59 Å². The Labute approximate surface area is 66.8 Å². The fourth-order valence-electron chi connectivity index (χ4n) is 0.923. The summed E-state index contributed by atoms with van der Waals surface area (Å²) in [5, 5.41) is 2.81. The number of nitrogens with zero attached hydrogens (tertiary/aromatic N) is 1. The lowest BCUT2D eigenvalue weighted by Gasteiger charge is -2.22. The lowest BCUT2D eigenvalue weighted by atomic mass is 9.42. The highest BCUT2D eigenvalue weighted by molar-refractivity contribution is 7.30. The monoisotopic (exact) mass is 150 g/mol. The second-order valence-electron chi connectivity index (χ2n) is 2.34. The van der Waals surface area contributed by atoms with Gasteiger partial charge in [0.1, 0.15) is 0 Å². The van der Waals surface area contributed by atoms with E-state index in [2.05, 4.69) is 5.32 Å². The molecule has 1 aliphatic heterocycles. The Morgan fingerprint density at radius 1 is 1.36 bits per heavy atom. The van der Waals surface area contributed by atoms with E-state index in [1.807, 2.05) is 0 Å². The number of carbonyl (C=O) groups is 2. The largest absolute Gasteiger partial charge is 0.300 e. The predicted molar refractivity (Wildman–Crippen MR) is 42.7 cm³/mol. The van der Waals surface area contributed by atoms with E-state index in [0.29, 0.717) is 0 Å². The van der Waals surface area contributed by atoms with Crippen LogP contribution < -0.4 is 5.32 Å². The van der Waals surface area contributed by atoms with Crippen molar-refractivity contribution in [1.29, 1.82) is 0 Å². The number of hydrogen-bond acceptors (Lipinski definition) is 3. The molecule has 1 fully saturated rings. The van der Waals surface area contributed by atoms with Gasteiger partial charge in [0.25, 0.3) is 0 Å². The molecule has 4 nitrogen and oxygen atoms in total. The van der Waals surface area contributed by atoms with Crippen molar-refractivity contribution in [3.05, 3.63) is 0 Å². The molecule has 1 N–H and O–H groups in total. The minimum atomic E-state index is -0.253. The van der Waals surface area contributed by atoms with Crippen molar-refractivity contribution in [3.63, 3.8) is 0 Å². The molecule has 0 aliphatic carbocycles. The minimum Gasteiger partial charge on any atom is -0.300 e. The molecule has 0 saturated carbocycles. The van der Waals surface area contributed by atoms with Crippen molar-refractivity contribution in [2.24, 2.45) is 0 Å². The van der Waals surface area contributed by atoms with E-state index in [1.165, 1.54) is 19.2 Å². The number of nitrogens with one attached hydrogen (secondary N) is 1. The van der Waals surface area contributed by atoms with Gasteiger partial charge in [-0.05, 0) is 14.0 Å². The fourth-order valence-corrected chi connectivity index (χ4v) is 0.923. The quantitative estimate of drug-likeness (QED) is 0.536. The summed E-state index contributed by atoms with van der Waals surface area (Å²) in [4.78, 5) is 23.1. The van der Waals surface area contributed by atoms with Crippen molar-refractivity contribution in [3.8, 4) is 0 Å². The lowest BCUT2D eigenvalue weighted by Crippen LogP contribution is -2.44. The summed E-state index contributed by atoms with van der Waals surface area (Å²) in [7, 11) is 4.25. The summed E-state index contributed by atoms with van der Waals surface area (Å²) in [5.74, 6) is -0.506. The molecule has 11 heavy (non-hydrogen) atoms. The normalized spacial score (nSPS) is 19.6. The first-order valence-corrected chi connectivity index (χ1v) is 3.39. The molecule has 0 aromatic rings. The zero-order valence-corrected chi connectivity index (χ0v) is 6.50. The molecule has 2 radical (unpaired) electrons. The zero-order valence-electron chi connectivity index (χ0n) is 6.50. The summed E-state index contributed by atoms with van der Waals surface area (Å²) in [6.07, 6.45) is -0.231. The second-order valence-corrected chi connectivity index (χ2v) is 2.34. The van der Waals surface area contributed by atoms with Crippen molar-refractivity contribution in [2.45, 2.75) is 13.1 Å². The molecule has 56 valence electrons. The van der Waals surface area contributed by atoms with Crippen LogP contribution in [0.15, 0.2) is 0 Å². The molecule has 2 amide bonds. The smallest absolute Gasteiger partial charge is 0.201 e. The Hall–Kier alpha value is -0.770. The van der Waals surface area contributed by atoms with Crippen LogP contribution in [0.2, 0.25) is 0 Å². The van der Waals surface area contributed by atoms with E-state index >= 15 is 0 Å². The van der Waals surface area contributed by atoms with Crippen LogP contribution in [0.25, 0.3) is 0 Å². The highest BCUT2D eigenvalue weighted by atomic mass is 16.2. The topological polar surface area (TPSA) is 49.4 Å². The van der Waals surface area contributed by atoms with E-state index in [0.717, 1.165) is 0 Å². The molecule has 6 heteroatoms. The van der Waals surface area contributed by atoms with Crippen molar-refractivity contribution in [1.82, 2.24) is 10.2 Å². The van der Waals surface area contributed by atoms with Crippen LogP contribution in [-0.4, -0.2) is 44.1 Å². The van der Waals surface area contributed by atoms with Gasteiger partial charge in [-0.15, -0.1) is 0 Å². The second kappa shape index (κ2) is 3.09. The van der Waals surface area contributed by atoms with Gasteiger partial charge in [-0.2, -0.15) is 0 Å². The molecule has 0 aromatic carbocycles. The van der Waals surface area contributed by atoms with Crippen molar-refractivity contribution < 1.29 is 9.59 Å². The van der Waals surface area contributed by atoms with Gasteiger partial charge in [-0.3, -0.25) is 14.5 Å². The maximum atomic E-state index is 11.0. The maximum absolute atomic E-state index is 11.0. The molecule has 1 unspecified atom stereocenters. The highest BCUT2D eigenvalue weighted by Gasteiger charge is 2.33. The van der Waals surface area contributed by atoms with E-state index < -0.39 is 0 Å². The van der Waals surface area contributed by atoms with Gasteiger partial charge >= 0.3 is 0 Å². The third kappa shape index (κ3) is 1.45. The van der Waals surface area contributed by atoms with Crippen LogP contribution in [-0.2, 0) is 0 Å². The lowest BCUT2D eigenvalue weighted by molar-refractivity contribution is 0.197. The van der Waals surface area contributed by atoms with E-state index in [9.17, 15) is 9.59 Å². The van der Waals surface area contributed by atoms with E-state index in [-0.39, 0.29) is 17.8 Å². The van der Waals surface area contributed by atoms with Gasteiger partial charge in [0, 0.05) is 0 Å². The van der Waals surface area contributed by atoms with Crippen LogP contribution in [0.1, 0.15) is 6.92 Å². The van der Waals surface area contributed by atoms with Gasteiger partial charge in [-0.25, -0.2) is 0 Å². The van der Waals surface area contributed by atoms with Crippen LogP contribution >= 0.6 is 0 Å². The number of carbonyl (C=O) groups excluding carboxylic acids is 2. The average Bonchev–Trinajstić information content (AvgIpc) is 2.30. The van der Waals surface area contributed by atoms with Gasteiger partial charge in [0.2, 0.25) is 14.3 Å². The fraction of sp³-hybridized carbons (Fsp3) is 0.600. The number of hydrogen-bond donors (Lipinski definition) is 1. The van der Waals surface area contributed by atoms with Gasteiger partial charge in [-0.1, -0.05) is 0 Å². The Kier molecular flexibility index (Phi) is 2.34. The summed E-state index contributed by atoms with van der Waals surface area (Å²) >= 11 is 0.